The molecule has 1 atom stereocenters. The van der Waals surface area contributed by atoms with Crippen molar-refractivity contribution in [2.45, 2.75) is 12.2 Å². The fraction of sp³-hybridized carbons (Fsp3) is 0.417. The summed E-state index contributed by atoms with van der Waals surface area (Å²) in [6.45, 7) is 0.178. The Labute approximate surface area is 127 Å². The van der Waals surface area contributed by atoms with Crippen LogP contribution in [0.1, 0.15) is 15.9 Å². The SMILES string of the molecule is COCC(CCl)NC(=O)c1ccc(Br)c(C(F)(F)F)c1. The van der Waals surface area contributed by atoms with E-state index in [1.807, 2.05) is 0 Å². The molecule has 1 unspecified atom stereocenters. The second kappa shape index (κ2) is 7.28. The van der Waals surface area contributed by atoms with Crippen LogP contribution in [0.25, 0.3) is 0 Å². The lowest BCUT2D eigenvalue weighted by atomic mass is 10.1. The van der Waals surface area contributed by atoms with Gasteiger partial charge in [0.25, 0.3) is 5.91 Å². The lowest BCUT2D eigenvalue weighted by molar-refractivity contribution is -0.138. The first kappa shape index (κ1) is 17.3. The highest BCUT2D eigenvalue weighted by molar-refractivity contribution is 9.10. The Bertz CT molecular complexity index is 482. The number of ether oxygens (including phenoxy) is 1. The standard InChI is InChI=1S/C12H12BrClF3NO2/c1-20-6-8(5-14)18-11(19)7-2-3-10(13)9(4-7)12(15,16)17/h2-4,8H,5-6H2,1H3,(H,18,19). The fourth-order valence-corrected chi connectivity index (χ4v) is 2.12. The number of carbonyl (C=O) groups is 1. The summed E-state index contributed by atoms with van der Waals surface area (Å²) in [6.07, 6.45) is -4.53. The molecule has 1 aromatic carbocycles. The second-order valence-electron chi connectivity index (χ2n) is 3.97. The first-order valence-electron chi connectivity index (χ1n) is 5.52. The predicted molar refractivity (Wildman–Crippen MR) is 73.0 cm³/mol. The molecule has 0 saturated carbocycles. The van der Waals surface area contributed by atoms with Crippen LogP contribution in [-0.2, 0) is 10.9 Å². The molecule has 0 bridgehead atoms. The molecule has 112 valence electrons. The van der Waals surface area contributed by atoms with Crippen molar-refractivity contribution in [1.29, 1.82) is 0 Å². The van der Waals surface area contributed by atoms with Gasteiger partial charge in [0.15, 0.2) is 0 Å². The summed E-state index contributed by atoms with van der Waals surface area (Å²) >= 11 is 8.44. The average Bonchev–Trinajstić information content (AvgIpc) is 2.37. The van der Waals surface area contributed by atoms with Gasteiger partial charge < -0.3 is 10.1 Å². The fourth-order valence-electron chi connectivity index (χ4n) is 1.48. The van der Waals surface area contributed by atoms with Gasteiger partial charge in [-0.1, -0.05) is 15.9 Å². The predicted octanol–water partition coefficient (Wildman–Crippen LogP) is 3.45. The van der Waals surface area contributed by atoms with E-state index in [-0.39, 0.29) is 22.5 Å². The van der Waals surface area contributed by atoms with E-state index in [1.54, 1.807) is 0 Å². The third kappa shape index (κ3) is 4.64. The Balaban J connectivity index is 2.94. The molecule has 0 aliphatic rings. The number of amides is 1. The maximum absolute atomic E-state index is 12.7. The van der Waals surface area contributed by atoms with Crippen LogP contribution < -0.4 is 5.32 Å². The summed E-state index contributed by atoms with van der Waals surface area (Å²) in [5, 5.41) is 2.50. The van der Waals surface area contributed by atoms with Crippen molar-refractivity contribution in [2.24, 2.45) is 0 Å². The highest BCUT2D eigenvalue weighted by Gasteiger charge is 2.33. The van der Waals surface area contributed by atoms with Gasteiger partial charge in [-0.25, -0.2) is 0 Å². The van der Waals surface area contributed by atoms with E-state index in [4.69, 9.17) is 16.3 Å². The molecule has 1 amide bonds. The highest BCUT2D eigenvalue weighted by atomic mass is 79.9. The van der Waals surface area contributed by atoms with Gasteiger partial charge in [-0.2, -0.15) is 13.2 Å². The van der Waals surface area contributed by atoms with Crippen molar-refractivity contribution in [3.8, 4) is 0 Å². The molecule has 0 heterocycles. The molecule has 1 rings (SSSR count). The number of rotatable bonds is 5. The van der Waals surface area contributed by atoms with Crippen LogP contribution in [0.5, 0.6) is 0 Å². The van der Waals surface area contributed by atoms with E-state index in [2.05, 4.69) is 21.2 Å². The van der Waals surface area contributed by atoms with Crippen LogP contribution in [0.2, 0.25) is 0 Å². The monoisotopic (exact) mass is 373 g/mol. The van der Waals surface area contributed by atoms with E-state index in [0.29, 0.717) is 0 Å². The molecule has 1 N–H and O–H groups in total. The Kier molecular flexibility index (Phi) is 6.29. The summed E-state index contributed by atoms with van der Waals surface area (Å²) in [4.78, 5) is 11.9. The molecule has 0 spiro atoms. The van der Waals surface area contributed by atoms with Gasteiger partial charge in [-0.3, -0.25) is 4.79 Å². The van der Waals surface area contributed by atoms with E-state index in [1.165, 1.54) is 19.2 Å². The molecule has 1 aromatic rings. The lowest BCUT2D eigenvalue weighted by Gasteiger charge is -2.16. The Morgan fingerprint density at radius 2 is 2.15 bits per heavy atom. The molecule has 3 nitrogen and oxygen atoms in total. The third-order valence-electron chi connectivity index (χ3n) is 2.42. The Hall–Kier alpha value is -0.790. The topological polar surface area (TPSA) is 38.3 Å². The first-order valence-corrected chi connectivity index (χ1v) is 6.84. The number of nitrogens with one attached hydrogen (secondary N) is 1. The van der Waals surface area contributed by atoms with Gasteiger partial charge in [0.05, 0.1) is 18.2 Å². The number of halogens is 5. The number of hydrogen-bond acceptors (Lipinski definition) is 2. The maximum atomic E-state index is 12.7. The zero-order chi connectivity index (χ0) is 15.3. The molecule has 0 aliphatic carbocycles. The lowest BCUT2D eigenvalue weighted by Crippen LogP contribution is -2.39. The van der Waals surface area contributed by atoms with Crippen molar-refractivity contribution in [3.63, 3.8) is 0 Å². The molecule has 0 aliphatic heterocycles. The van der Waals surface area contributed by atoms with Crippen LogP contribution >= 0.6 is 27.5 Å². The first-order chi connectivity index (χ1) is 9.29. The molecule has 0 aromatic heterocycles. The van der Waals surface area contributed by atoms with E-state index < -0.39 is 23.7 Å². The zero-order valence-corrected chi connectivity index (χ0v) is 12.8. The Morgan fingerprint density at radius 1 is 1.50 bits per heavy atom. The van der Waals surface area contributed by atoms with Crippen molar-refractivity contribution in [1.82, 2.24) is 5.32 Å². The van der Waals surface area contributed by atoms with Gasteiger partial charge in [0, 0.05) is 23.0 Å². The summed E-state index contributed by atoms with van der Waals surface area (Å²) in [6, 6.07) is 2.81. The molecule has 0 saturated heterocycles. The molecule has 8 heteroatoms. The number of hydrogen-bond donors (Lipinski definition) is 1. The highest BCUT2D eigenvalue weighted by Crippen LogP contribution is 2.35. The average molecular weight is 375 g/mol. The quantitative estimate of drug-likeness (QED) is 0.802. The van der Waals surface area contributed by atoms with Crippen molar-refractivity contribution < 1.29 is 22.7 Å². The molecular formula is C12H12BrClF3NO2. The normalized spacial score (nSPS) is 13.1. The number of alkyl halides is 4. The van der Waals surface area contributed by atoms with E-state index in [9.17, 15) is 18.0 Å². The minimum Gasteiger partial charge on any atom is -0.383 e. The largest absolute Gasteiger partial charge is 0.417 e. The van der Waals surface area contributed by atoms with Crippen LogP contribution in [0.15, 0.2) is 22.7 Å². The van der Waals surface area contributed by atoms with Crippen LogP contribution in [-0.4, -0.2) is 31.5 Å². The van der Waals surface area contributed by atoms with Crippen molar-refractivity contribution in [2.75, 3.05) is 19.6 Å². The molecule has 0 radical (unpaired) electrons. The van der Waals surface area contributed by atoms with Gasteiger partial charge in [-0.15, -0.1) is 11.6 Å². The van der Waals surface area contributed by atoms with Gasteiger partial charge in [0.1, 0.15) is 0 Å². The van der Waals surface area contributed by atoms with Crippen LogP contribution in [0, 0.1) is 0 Å². The number of carbonyl (C=O) groups excluding carboxylic acids is 1. The molecule has 0 fully saturated rings. The third-order valence-corrected chi connectivity index (χ3v) is 3.49. The van der Waals surface area contributed by atoms with Crippen LogP contribution in [0.4, 0.5) is 13.2 Å². The van der Waals surface area contributed by atoms with Crippen molar-refractivity contribution in [3.05, 3.63) is 33.8 Å². The van der Waals surface area contributed by atoms with Gasteiger partial charge in [0.2, 0.25) is 0 Å². The van der Waals surface area contributed by atoms with Gasteiger partial charge in [-0.05, 0) is 18.2 Å². The van der Waals surface area contributed by atoms with Crippen LogP contribution in [0.3, 0.4) is 0 Å². The maximum Gasteiger partial charge on any atom is 0.417 e. The zero-order valence-electron chi connectivity index (χ0n) is 10.4. The summed E-state index contributed by atoms with van der Waals surface area (Å²) in [5.74, 6) is -0.534. The summed E-state index contributed by atoms with van der Waals surface area (Å²) < 4.78 is 42.9. The second-order valence-corrected chi connectivity index (χ2v) is 5.14. The smallest absolute Gasteiger partial charge is 0.383 e. The molecular weight excluding hydrogens is 362 g/mol. The molecule has 20 heavy (non-hydrogen) atoms. The summed E-state index contributed by atoms with van der Waals surface area (Å²) in [7, 11) is 1.44. The summed E-state index contributed by atoms with van der Waals surface area (Å²) in [5.41, 5.74) is -0.994. The Morgan fingerprint density at radius 3 is 2.65 bits per heavy atom. The number of benzene rings is 1. The van der Waals surface area contributed by atoms with Gasteiger partial charge >= 0.3 is 6.18 Å². The van der Waals surface area contributed by atoms with Crippen molar-refractivity contribution >= 4 is 33.4 Å². The van der Waals surface area contributed by atoms with E-state index in [0.717, 1.165) is 6.07 Å². The number of methoxy groups -OCH3 is 1. The van der Waals surface area contributed by atoms with E-state index >= 15 is 0 Å². The minimum atomic E-state index is -4.53. The minimum absolute atomic E-state index is 0.0910.